The highest BCUT2D eigenvalue weighted by Crippen LogP contribution is 2.26. The number of esters is 2. The maximum Gasteiger partial charge on any atom is 0.339 e. The molecule has 1 N–H and O–H groups in total. The van der Waals surface area contributed by atoms with Gasteiger partial charge in [0.2, 0.25) is 0 Å². The van der Waals surface area contributed by atoms with E-state index < -0.39 is 17.5 Å². The lowest BCUT2D eigenvalue weighted by Gasteiger charge is -2.25. The van der Waals surface area contributed by atoms with E-state index in [1.165, 1.54) is 7.11 Å². The first-order valence-electron chi connectivity index (χ1n) is 8.01. The van der Waals surface area contributed by atoms with Gasteiger partial charge in [0.25, 0.3) is 0 Å². The summed E-state index contributed by atoms with van der Waals surface area (Å²) in [5.41, 5.74) is 0.875. The van der Waals surface area contributed by atoms with Crippen molar-refractivity contribution in [3.8, 4) is 0 Å². The molecule has 1 heterocycles. The van der Waals surface area contributed by atoms with Gasteiger partial charge >= 0.3 is 11.9 Å². The molecular formula is C18H25NO4. The molecule has 1 unspecified atom stereocenters. The molecule has 1 aliphatic heterocycles. The van der Waals surface area contributed by atoms with Gasteiger partial charge in [-0.3, -0.25) is 0 Å². The van der Waals surface area contributed by atoms with Gasteiger partial charge in [-0.25, -0.2) is 9.59 Å². The normalized spacial score (nSPS) is 18.3. The van der Waals surface area contributed by atoms with Crippen LogP contribution in [0.5, 0.6) is 0 Å². The molecule has 5 nitrogen and oxygen atoms in total. The lowest BCUT2D eigenvalue weighted by molar-refractivity contribution is 0.00651. The van der Waals surface area contributed by atoms with E-state index in [1.54, 1.807) is 32.9 Å². The Bertz CT molecular complexity index is 583. The van der Waals surface area contributed by atoms with Crippen molar-refractivity contribution in [2.45, 2.75) is 51.7 Å². The summed E-state index contributed by atoms with van der Waals surface area (Å²) in [7, 11) is 1.30. The van der Waals surface area contributed by atoms with E-state index >= 15 is 0 Å². The van der Waals surface area contributed by atoms with Gasteiger partial charge in [0.05, 0.1) is 18.2 Å². The number of rotatable bonds is 3. The maximum atomic E-state index is 12.5. The fourth-order valence-corrected chi connectivity index (χ4v) is 2.70. The molecule has 0 aliphatic carbocycles. The predicted molar refractivity (Wildman–Crippen MR) is 87.5 cm³/mol. The minimum Gasteiger partial charge on any atom is -0.465 e. The molecule has 126 valence electrons. The number of hydrogen-bond donors (Lipinski definition) is 1. The standard InChI is InChI=1S/C18H25NO4/c1-18(2,3)23-17(21)14-11-12(15-7-5-6-10-19-15)8-9-13(14)16(20)22-4/h8-9,11,15,19H,5-7,10H2,1-4H3. The second-order valence-electron chi connectivity index (χ2n) is 6.80. The first kappa shape index (κ1) is 17.5. The van der Waals surface area contributed by atoms with Crippen LogP contribution in [0.2, 0.25) is 0 Å². The molecule has 1 aliphatic rings. The Hall–Kier alpha value is -1.88. The lowest BCUT2D eigenvalue weighted by atomic mass is 9.94. The quantitative estimate of drug-likeness (QED) is 0.867. The number of carbonyl (C=O) groups is 2. The van der Waals surface area contributed by atoms with Gasteiger partial charge in [-0.05, 0) is 57.9 Å². The van der Waals surface area contributed by atoms with Gasteiger partial charge in [0, 0.05) is 6.04 Å². The SMILES string of the molecule is COC(=O)c1ccc(C2CCCCN2)cc1C(=O)OC(C)(C)C. The second kappa shape index (κ2) is 7.13. The highest BCUT2D eigenvalue weighted by atomic mass is 16.6. The number of methoxy groups -OCH3 is 1. The van der Waals surface area contributed by atoms with Crippen LogP contribution in [-0.2, 0) is 9.47 Å². The molecule has 0 bridgehead atoms. The van der Waals surface area contributed by atoms with Crippen LogP contribution in [0.3, 0.4) is 0 Å². The number of ether oxygens (including phenoxy) is 2. The molecule has 5 heteroatoms. The summed E-state index contributed by atoms with van der Waals surface area (Å²) in [6.45, 7) is 6.37. The van der Waals surface area contributed by atoms with E-state index in [2.05, 4.69) is 5.32 Å². The van der Waals surface area contributed by atoms with Gasteiger partial charge in [-0.2, -0.15) is 0 Å². The van der Waals surface area contributed by atoms with E-state index in [9.17, 15) is 9.59 Å². The summed E-state index contributed by atoms with van der Waals surface area (Å²) in [6.07, 6.45) is 3.33. The summed E-state index contributed by atoms with van der Waals surface area (Å²) < 4.78 is 10.2. The Labute approximate surface area is 137 Å². The van der Waals surface area contributed by atoms with Crippen molar-refractivity contribution in [1.29, 1.82) is 0 Å². The van der Waals surface area contributed by atoms with Gasteiger partial charge < -0.3 is 14.8 Å². The minimum absolute atomic E-state index is 0.205. The zero-order valence-corrected chi connectivity index (χ0v) is 14.3. The van der Waals surface area contributed by atoms with E-state index in [0.29, 0.717) is 0 Å². The van der Waals surface area contributed by atoms with E-state index in [0.717, 1.165) is 31.4 Å². The van der Waals surface area contributed by atoms with Crippen molar-refractivity contribution in [2.24, 2.45) is 0 Å². The van der Waals surface area contributed by atoms with Gasteiger partial charge in [-0.15, -0.1) is 0 Å². The highest BCUT2D eigenvalue weighted by Gasteiger charge is 2.25. The number of carbonyl (C=O) groups excluding carboxylic acids is 2. The maximum absolute atomic E-state index is 12.5. The number of benzene rings is 1. The molecule has 0 saturated carbocycles. The third-order valence-corrected chi connectivity index (χ3v) is 3.78. The summed E-state index contributed by atoms with van der Waals surface area (Å²) >= 11 is 0. The fraction of sp³-hybridized carbons (Fsp3) is 0.556. The molecular weight excluding hydrogens is 294 g/mol. The summed E-state index contributed by atoms with van der Waals surface area (Å²) in [6, 6.07) is 5.49. The third-order valence-electron chi connectivity index (χ3n) is 3.78. The van der Waals surface area contributed by atoms with Crippen LogP contribution in [0.25, 0.3) is 0 Å². The van der Waals surface area contributed by atoms with Crippen LogP contribution in [0.1, 0.15) is 72.4 Å². The first-order valence-corrected chi connectivity index (χ1v) is 8.01. The summed E-state index contributed by atoms with van der Waals surface area (Å²) in [5, 5.41) is 3.44. The van der Waals surface area contributed by atoms with Crippen LogP contribution in [0.15, 0.2) is 18.2 Å². The topological polar surface area (TPSA) is 64.6 Å². The highest BCUT2D eigenvalue weighted by molar-refractivity contribution is 6.03. The summed E-state index contributed by atoms with van der Waals surface area (Å²) in [5.74, 6) is -1.04. The Balaban J connectivity index is 2.37. The Morgan fingerprint density at radius 2 is 1.87 bits per heavy atom. The monoisotopic (exact) mass is 319 g/mol. The van der Waals surface area contributed by atoms with Gasteiger partial charge in [0.1, 0.15) is 5.60 Å². The van der Waals surface area contributed by atoms with Crippen LogP contribution in [-0.4, -0.2) is 31.2 Å². The Morgan fingerprint density at radius 1 is 1.13 bits per heavy atom. The molecule has 1 saturated heterocycles. The molecule has 0 spiro atoms. The first-order chi connectivity index (χ1) is 10.8. The lowest BCUT2D eigenvalue weighted by Crippen LogP contribution is -2.28. The van der Waals surface area contributed by atoms with Gasteiger partial charge in [-0.1, -0.05) is 12.5 Å². The van der Waals surface area contributed by atoms with Crippen LogP contribution < -0.4 is 5.32 Å². The summed E-state index contributed by atoms with van der Waals surface area (Å²) in [4.78, 5) is 24.4. The molecule has 0 radical (unpaired) electrons. The molecule has 2 rings (SSSR count). The van der Waals surface area contributed by atoms with Crippen LogP contribution in [0.4, 0.5) is 0 Å². The zero-order chi connectivity index (χ0) is 17.0. The number of piperidine rings is 1. The molecule has 1 fully saturated rings. The minimum atomic E-state index is -0.621. The number of nitrogens with one attached hydrogen (secondary N) is 1. The zero-order valence-electron chi connectivity index (χ0n) is 14.3. The molecule has 0 aromatic heterocycles. The second-order valence-corrected chi connectivity index (χ2v) is 6.80. The van der Waals surface area contributed by atoms with Crippen molar-refractivity contribution in [2.75, 3.05) is 13.7 Å². The molecule has 0 amide bonds. The molecule has 1 atom stereocenters. The van der Waals surface area contributed by atoms with E-state index in [1.807, 2.05) is 6.07 Å². The number of hydrogen-bond acceptors (Lipinski definition) is 5. The molecule has 23 heavy (non-hydrogen) atoms. The average molecular weight is 319 g/mol. The molecule has 1 aromatic rings. The Morgan fingerprint density at radius 3 is 2.43 bits per heavy atom. The fourth-order valence-electron chi connectivity index (χ4n) is 2.70. The van der Waals surface area contributed by atoms with Crippen molar-refractivity contribution >= 4 is 11.9 Å². The van der Waals surface area contributed by atoms with Crippen molar-refractivity contribution in [3.05, 3.63) is 34.9 Å². The van der Waals surface area contributed by atoms with Crippen LogP contribution >= 0.6 is 0 Å². The predicted octanol–water partition coefficient (Wildman–Crippen LogP) is 3.24. The van der Waals surface area contributed by atoms with E-state index in [4.69, 9.17) is 9.47 Å². The molecule has 1 aromatic carbocycles. The van der Waals surface area contributed by atoms with Crippen molar-refractivity contribution in [3.63, 3.8) is 0 Å². The van der Waals surface area contributed by atoms with Crippen LogP contribution in [0, 0.1) is 0 Å². The van der Waals surface area contributed by atoms with E-state index in [-0.39, 0.29) is 17.2 Å². The van der Waals surface area contributed by atoms with Crippen molar-refractivity contribution < 1.29 is 19.1 Å². The average Bonchev–Trinajstić information content (AvgIpc) is 2.52. The smallest absolute Gasteiger partial charge is 0.339 e. The third kappa shape index (κ3) is 4.55. The Kier molecular flexibility index (Phi) is 5.42. The van der Waals surface area contributed by atoms with Crippen molar-refractivity contribution in [1.82, 2.24) is 5.32 Å². The largest absolute Gasteiger partial charge is 0.465 e. The van der Waals surface area contributed by atoms with Gasteiger partial charge in [0.15, 0.2) is 0 Å².